The van der Waals surface area contributed by atoms with E-state index >= 15 is 0 Å². The lowest BCUT2D eigenvalue weighted by molar-refractivity contribution is -0.115. The van der Waals surface area contributed by atoms with Gasteiger partial charge in [-0.3, -0.25) is 4.79 Å². The van der Waals surface area contributed by atoms with Crippen LogP contribution < -0.4 is 5.32 Å². The lowest BCUT2D eigenvalue weighted by atomic mass is 9.98. The quantitative estimate of drug-likeness (QED) is 0.857. The van der Waals surface area contributed by atoms with Crippen molar-refractivity contribution in [2.75, 3.05) is 31.6 Å². The minimum absolute atomic E-state index is 0.103. The van der Waals surface area contributed by atoms with Gasteiger partial charge in [-0.25, -0.2) is 8.42 Å². The van der Waals surface area contributed by atoms with Crippen LogP contribution in [-0.2, 0) is 24.3 Å². The Balaban J connectivity index is 1.62. The molecule has 1 amide bonds. The second-order valence-corrected chi connectivity index (χ2v) is 8.22. The smallest absolute Gasteiger partial charge is 0.243 e. The number of carbonyl (C=O) groups is 1. The SMILES string of the molecule is CCC(=O)Nc1ccc(S(=O)(=O)N2CCC(C3OCCO3)CC2)cc1. The standard InChI is InChI=1S/C17H24N2O5S/c1-2-16(20)18-14-3-5-15(6-4-14)25(21,22)19-9-7-13(8-10-19)17-23-11-12-24-17/h3-6,13,17H,2,7-12H2,1H3,(H,18,20). The Morgan fingerprint density at radius 2 is 1.76 bits per heavy atom. The average molecular weight is 368 g/mol. The first-order chi connectivity index (χ1) is 12.0. The van der Waals surface area contributed by atoms with Crippen molar-refractivity contribution in [1.29, 1.82) is 0 Å². The van der Waals surface area contributed by atoms with Gasteiger partial charge in [0.1, 0.15) is 0 Å². The molecule has 2 fully saturated rings. The van der Waals surface area contributed by atoms with E-state index in [1.807, 2.05) is 0 Å². The van der Waals surface area contributed by atoms with Crippen molar-refractivity contribution >= 4 is 21.6 Å². The largest absolute Gasteiger partial charge is 0.350 e. The lowest BCUT2D eigenvalue weighted by Gasteiger charge is -2.33. The number of hydrogen-bond acceptors (Lipinski definition) is 5. The van der Waals surface area contributed by atoms with Crippen molar-refractivity contribution in [2.45, 2.75) is 37.4 Å². The summed E-state index contributed by atoms with van der Waals surface area (Å²) in [6.07, 6.45) is 1.65. The number of benzene rings is 1. The molecule has 0 spiro atoms. The number of carbonyl (C=O) groups excluding carboxylic acids is 1. The maximum Gasteiger partial charge on any atom is 0.243 e. The normalized spacial score (nSPS) is 20.7. The minimum Gasteiger partial charge on any atom is -0.350 e. The Morgan fingerprint density at radius 1 is 1.16 bits per heavy atom. The molecule has 7 nitrogen and oxygen atoms in total. The van der Waals surface area contributed by atoms with Crippen LogP contribution in [0.5, 0.6) is 0 Å². The van der Waals surface area contributed by atoms with Crippen LogP contribution in [0.25, 0.3) is 0 Å². The van der Waals surface area contributed by atoms with Gasteiger partial charge in [0.2, 0.25) is 15.9 Å². The Hall–Kier alpha value is -1.48. The molecule has 3 rings (SSSR count). The monoisotopic (exact) mass is 368 g/mol. The zero-order chi connectivity index (χ0) is 17.9. The van der Waals surface area contributed by atoms with Gasteiger partial charge >= 0.3 is 0 Å². The van der Waals surface area contributed by atoms with E-state index in [1.165, 1.54) is 16.4 Å². The molecule has 2 aliphatic heterocycles. The Kier molecular flexibility index (Phi) is 5.73. The summed E-state index contributed by atoms with van der Waals surface area (Å²) in [7, 11) is -3.52. The number of nitrogens with one attached hydrogen (secondary N) is 1. The number of anilines is 1. The highest BCUT2D eigenvalue weighted by Gasteiger charge is 2.34. The minimum atomic E-state index is -3.52. The van der Waals surface area contributed by atoms with Gasteiger partial charge in [-0.2, -0.15) is 4.31 Å². The molecular weight excluding hydrogens is 344 g/mol. The van der Waals surface area contributed by atoms with Gasteiger partial charge in [0.05, 0.1) is 18.1 Å². The summed E-state index contributed by atoms with van der Waals surface area (Å²) in [5.74, 6) is 0.148. The first-order valence-corrected chi connectivity index (χ1v) is 10.1. The highest BCUT2D eigenvalue weighted by atomic mass is 32.2. The van der Waals surface area contributed by atoms with Gasteiger partial charge in [-0.05, 0) is 37.1 Å². The zero-order valence-corrected chi connectivity index (χ0v) is 15.1. The Labute approximate surface area is 148 Å². The van der Waals surface area contributed by atoms with Crippen LogP contribution in [0.1, 0.15) is 26.2 Å². The first kappa shape index (κ1) is 18.3. The summed E-state index contributed by atoms with van der Waals surface area (Å²) in [5, 5.41) is 2.71. The summed E-state index contributed by atoms with van der Waals surface area (Å²) in [4.78, 5) is 11.6. The number of rotatable bonds is 5. The maximum absolute atomic E-state index is 12.8. The topological polar surface area (TPSA) is 84.9 Å². The van der Waals surface area contributed by atoms with Gasteiger partial charge in [0.15, 0.2) is 6.29 Å². The molecule has 0 saturated carbocycles. The summed E-state index contributed by atoms with van der Waals surface area (Å²) in [6, 6.07) is 6.31. The van der Waals surface area contributed by atoms with E-state index < -0.39 is 10.0 Å². The third kappa shape index (κ3) is 4.20. The number of ether oxygens (including phenoxy) is 2. The van der Waals surface area contributed by atoms with Gasteiger partial charge in [-0.15, -0.1) is 0 Å². The molecule has 0 bridgehead atoms. The fourth-order valence-electron chi connectivity index (χ4n) is 3.15. The van der Waals surface area contributed by atoms with E-state index in [4.69, 9.17) is 9.47 Å². The number of piperidine rings is 1. The van der Waals surface area contributed by atoms with Crippen molar-refractivity contribution < 1.29 is 22.7 Å². The fourth-order valence-corrected chi connectivity index (χ4v) is 4.62. The van der Waals surface area contributed by atoms with E-state index in [1.54, 1.807) is 19.1 Å². The number of nitrogens with zero attached hydrogens (tertiary/aromatic N) is 1. The maximum atomic E-state index is 12.8. The molecule has 0 aromatic heterocycles. The van der Waals surface area contributed by atoms with Crippen LogP contribution in [0.3, 0.4) is 0 Å². The predicted octanol–water partition coefficient (Wildman–Crippen LogP) is 1.81. The van der Waals surface area contributed by atoms with Crippen LogP contribution in [-0.4, -0.2) is 51.2 Å². The molecule has 8 heteroatoms. The van der Waals surface area contributed by atoms with E-state index in [9.17, 15) is 13.2 Å². The third-order valence-corrected chi connectivity index (χ3v) is 6.54. The molecule has 0 aliphatic carbocycles. The number of sulfonamides is 1. The molecule has 25 heavy (non-hydrogen) atoms. The molecule has 0 radical (unpaired) electrons. The summed E-state index contributed by atoms with van der Waals surface area (Å²) >= 11 is 0. The van der Waals surface area contributed by atoms with E-state index in [0.29, 0.717) is 38.4 Å². The summed E-state index contributed by atoms with van der Waals surface area (Å²) in [6.45, 7) is 3.92. The highest BCUT2D eigenvalue weighted by molar-refractivity contribution is 7.89. The van der Waals surface area contributed by atoms with Gasteiger partial charge in [-0.1, -0.05) is 6.92 Å². The molecule has 2 saturated heterocycles. The molecule has 2 aliphatic rings. The molecule has 1 aromatic carbocycles. The third-order valence-electron chi connectivity index (χ3n) is 4.63. The predicted molar refractivity (Wildman–Crippen MR) is 92.5 cm³/mol. The first-order valence-electron chi connectivity index (χ1n) is 8.64. The van der Waals surface area contributed by atoms with Crippen LogP contribution in [0, 0.1) is 5.92 Å². The fraction of sp³-hybridized carbons (Fsp3) is 0.588. The molecule has 1 aromatic rings. The zero-order valence-electron chi connectivity index (χ0n) is 14.3. The van der Waals surface area contributed by atoms with Crippen LogP contribution in [0.2, 0.25) is 0 Å². The average Bonchev–Trinajstić information content (AvgIpc) is 3.17. The molecular formula is C17H24N2O5S. The molecule has 1 N–H and O–H groups in total. The Bertz CT molecular complexity index is 690. The number of amides is 1. The van der Waals surface area contributed by atoms with Crippen molar-refractivity contribution in [3.8, 4) is 0 Å². The van der Waals surface area contributed by atoms with E-state index in [-0.39, 0.29) is 23.0 Å². The molecule has 0 unspecified atom stereocenters. The van der Waals surface area contributed by atoms with E-state index in [0.717, 1.165) is 12.8 Å². The molecule has 0 atom stereocenters. The highest BCUT2D eigenvalue weighted by Crippen LogP contribution is 2.29. The van der Waals surface area contributed by atoms with Crippen molar-refractivity contribution in [1.82, 2.24) is 4.31 Å². The number of hydrogen-bond donors (Lipinski definition) is 1. The van der Waals surface area contributed by atoms with Crippen molar-refractivity contribution in [3.05, 3.63) is 24.3 Å². The van der Waals surface area contributed by atoms with Crippen LogP contribution in [0.15, 0.2) is 29.2 Å². The summed E-state index contributed by atoms with van der Waals surface area (Å²) < 4.78 is 38.1. The Morgan fingerprint density at radius 3 is 2.32 bits per heavy atom. The van der Waals surface area contributed by atoms with Gasteiger partial charge < -0.3 is 14.8 Å². The van der Waals surface area contributed by atoms with Gasteiger partial charge in [0, 0.05) is 31.1 Å². The summed E-state index contributed by atoms with van der Waals surface area (Å²) in [5.41, 5.74) is 0.597. The van der Waals surface area contributed by atoms with Crippen molar-refractivity contribution in [3.63, 3.8) is 0 Å². The van der Waals surface area contributed by atoms with Crippen LogP contribution >= 0.6 is 0 Å². The lowest BCUT2D eigenvalue weighted by Crippen LogP contribution is -2.41. The molecule has 138 valence electrons. The molecule has 2 heterocycles. The second-order valence-electron chi connectivity index (χ2n) is 6.28. The van der Waals surface area contributed by atoms with Crippen molar-refractivity contribution in [2.24, 2.45) is 5.92 Å². The van der Waals surface area contributed by atoms with Gasteiger partial charge in [0.25, 0.3) is 0 Å². The second kappa shape index (κ2) is 7.82. The van der Waals surface area contributed by atoms with Crippen LogP contribution in [0.4, 0.5) is 5.69 Å². The van der Waals surface area contributed by atoms with E-state index in [2.05, 4.69) is 5.32 Å².